The fraction of sp³-hybridized carbons (Fsp3) is 0.318. The van der Waals surface area contributed by atoms with Gasteiger partial charge in [0.25, 0.3) is 5.91 Å². The fourth-order valence-corrected chi connectivity index (χ4v) is 3.79. The largest absolute Gasteiger partial charge is 0.346 e. The Morgan fingerprint density at radius 1 is 1.03 bits per heavy atom. The van der Waals surface area contributed by atoms with E-state index < -0.39 is 0 Å². The zero-order chi connectivity index (χ0) is 20.5. The van der Waals surface area contributed by atoms with Crippen LogP contribution in [-0.2, 0) is 9.59 Å². The van der Waals surface area contributed by atoms with Crippen LogP contribution < -0.4 is 10.6 Å². The lowest BCUT2D eigenvalue weighted by molar-refractivity contribution is -0.127. The van der Waals surface area contributed by atoms with Gasteiger partial charge in [0.05, 0.1) is 12.1 Å². The van der Waals surface area contributed by atoms with Crippen molar-refractivity contribution in [2.45, 2.75) is 31.3 Å². The Bertz CT molecular complexity index is 939. The number of amides is 3. The third-order valence-electron chi connectivity index (χ3n) is 5.48. The van der Waals surface area contributed by atoms with E-state index in [1.54, 1.807) is 48.3 Å². The van der Waals surface area contributed by atoms with Gasteiger partial charge in [0.15, 0.2) is 0 Å². The summed E-state index contributed by atoms with van der Waals surface area (Å²) >= 11 is 5.97. The van der Waals surface area contributed by atoms with Crippen molar-refractivity contribution in [3.63, 3.8) is 0 Å². The molecule has 2 aromatic carbocycles. The minimum Gasteiger partial charge on any atom is -0.346 e. The van der Waals surface area contributed by atoms with Crippen LogP contribution in [0.2, 0.25) is 5.02 Å². The third kappa shape index (κ3) is 4.27. The molecular formula is C22H22ClN3O3. The summed E-state index contributed by atoms with van der Waals surface area (Å²) in [6.07, 6.45) is 2.12. The standard InChI is InChI=1S/C22H22ClN3O3/c1-26-19(27)12-18(20(26)13-4-8-16(23)9-5-13)25-22(29)15-6-10-17(11-7-15)24-21(28)14-2-3-14/h4-11,14,18,20H,2-3,12H2,1H3,(H,24,28)(H,25,29)/t18-,20+/m1/s1. The SMILES string of the molecule is CN1C(=O)C[C@@H](NC(=O)c2ccc(NC(=O)C3CC3)cc2)[C@@H]1c1ccc(Cl)cc1. The molecule has 2 fully saturated rings. The van der Waals surface area contributed by atoms with Crippen LogP contribution in [0, 0.1) is 5.92 Å². The molecule has 0 bridgehead atoms. The topological polar surface area (TPSA) is 78.5 Å². The molecule has 1 saturated heterocycles. The quantitative estimate of drug-likeness (QED) is 0.791. The second kappa shape index (κ2) is 7.87. The van der Waals surface area contributed by atoms with Gasteiger partial charge in [-0.05, 0) is 54.8 Å². The van der Waals surface area contributed by atoms with Crippen LogP contribution in [0.5, 0.6) is 0 Å². The van der Waals surface area contributed by atoms with Gasteiger partial charge in [-0.2, -0.15) is 0 Å². The van der Waals surface area contributed by atoms with Crippen LogP contribution in [0.3, 0.4) is 0 Å². The molecular weight excluding hydrogens is 390 g/mol. The molecule has 1 saturated carbocycles. The van der Waals surface area contributed by atoms with E-state index in [2.05, 4.69) is 10.6 Å². The number of carbonyl (C=O) groups is 3. The Hall–Kier alpha value is -2.86. The number of rotatable bonds is 5. The summed E-state index contributed by atoms with van der Waals surface area (Å²) in [5.74, 6) is -0.120. The van der Waals surface area contributed by atoms with E-state index in [0.29, 0.717) is 16.3 Å². The van der Waals surface area contributed by atoms with Gasteiger partial charge < -0.3 is 15.5 Å². The molecule has 2 atom stereocenters. The van der Waals surface area contributed by atoms with Gasteiger partial charge in [0.2, 0.25) is 11.8 Å². The number of hydrogen-bond donors (Lipinski definition) is 2. The van der Waals surface area contributed by atoms with E-state index in [1.807, 2.05) is 12.1 Å². The number of likely N-dealkylation sites (tertiary alicyclic amines) is 1. The highest BCUT2D eigenvalue weighted by Gasteiger charge is 2.39. The third-order valence-corrected chi connectivity index (χ3v) is 5.73. The first-order valence-corrected chi connectivity index (χ1v) is 10.0. The van der Waals surface area contributed by atoms with Crippen molar-refractivity contribution in [1.29, 1.82) is 0 Å². The molecule has 3 amide bonds. The van der Waals surface area contributed by atoms with Crippen molar-refractivity contribution in [2.24, 2.45) is 5.92 Å². The Morgan fingerprint density at radius 2 is 1.69 bits per heavy atom. The number of nitrogens with one attached hydrogen (secondary N) is 2. The monoisotopic (exact) mass is 411 g/mol. The number of hydrogen-bond acceptors (Lipinski definition) is 3. The summed E-state index contributed by atoms with van der Waals surface area (Å²) in [7, 11) is 1.74. The minimum atomic E-state index is -0.338. The Balaban J connectivity index is 1.45. The molecule has 1 aliphatic heterocycles. The van der Waals surface area contributed by atoms with Crippen LogP contribution in [-0.4, -0.2) is 35.7 Å². The van der Waals surface area contributed by atoms with E-state index in [-0.39, 0.29) is 42.1 Å². The molecule has 2 aromatic rings. The summed E-state index contributed by atoms with van der Waals surface area (Å²) in [4.78, 5) is 38.5. The lowest BCUT2D eigenvalue weighted by atomic mass is 10.00. The first-order chi connectivity index (χ1) is 13.9. The smallest absolute Gasteiger partial charge is 0.251 e. The van der Waals surface area contributed by atoms with Gasteiger partial charge in [-0.3, -0.25) is 14.4 Å². The zero-order valence-electron chi connectivity index (χ0n) is 16.0. The molecule has 1 aliphatic carbocycles. The highest BCUT2D eigenvalue weighted by Crippen LogP contribution is 2.33. The summed E-state index contributed by atoms with van der Waals surface area (Å²) in [5, 5.41) is 6.46. The fourth-order valence-electron chi connectivity index (χ4n) is 3.66. The molecule has 0 spiro atoms. The van der Waals surface area contributed by atoms with E-state index in [1.165, 1.54) is 0 Å². The normalized spacial score (nSPS) is 21.2. The molecule has 7 heteroatoms. The van der Waals surface area contributed by atoms with Crippen molar-refractivity contribution in [3.05, 3.63) is 64.7 Å². The summed E-state index contributed by atoms with van der Waals surface area (Å²) in [6, 6.07) is 13.5. The van der Waals surface area contributed by atoms with E-state index in [4.69, 9.17) is 11.6 Å². The van der Waals surface area contributed by atoms with Crippen LogP contribution in [0.4, 0.5) is 5.69 Å². The Kier molecular flexibility index (Phi) is 5.28. The molecule has 4 rings (SSSR count). The number of halogens is 1. The molecule has 6 nitrogen and oxygen atoms in total. The lowest BCUT2D eigenvalue weighted by Gasteiger charge is -2.26. The van der Waals surface area contributed by atoms with Crippen LogP contribution in [0.1, 0.15) is 41.2 Å². The van der Waals surface area contributed by atoms with Gasteiger partial charge in [-0.1, -0.05) is 23.7 Å². The zero-order valence-corrected chi connectivity index (χ0v) is 16.8. The van der Waals surface area contributed by atoms with E-state index >= 15 is 0 Å². The molecule has 29 heavy (non-hydrogen) atoms. The summed E-state index contributed by atoms with van der Waals surface area (Å²) in [6.45, 7) is 0. The number of anilines is 1. The predicted octanol–water partition coefficient (Wildman–Crippen LogP) is 3.39. The maximum absolute atomic E-state index is 12.7. The van der Waals surface area contributed by atoms with Crippen LogP contribution >= 0.6 is 11.6 Å². The second-order valence-electron chi connectivity index (χ2n) is 7.63. The average Bonchev–Trinajstić information content (AvgIpc) is 3.51. The summed E-state index contributed by atoms with van der Waals surface area (Å²) < 4.78 is 0. The van der Waals surface area contributed by atoms with Gasteiger partial charge >= 0.3 is 0 Å². The van der Waals surface area contributed by atoms with Gasteiger partial charge in [-0.15, -0.1) is 0 Å². The maximum Gasteiger partial charge on any atom is 0.251 e. The molecule has 0 radical (unpaired) electrons. The first kappa shape index (κ1) is 19.5. The number of carbonyl (C=O) groups excluding carboxylic acids is 3. The molecule has 2 aliphatic rings. The number of nitrogens with zero attached hydrogens (tertiary/aromatic N) is 1. The highest BCUT2D eigenvalue weighted by molar-refractivity contribution is 6.30. The van der Waals surface area contributed by atoms with Crippen molar-refractivity contribution in [1.82, 2.24) is 10.2 Å². The van der Waals surface area contributed by atoms with Crippen molar-refractivity contribution < 1.29 is 14.4 Å². The number of benzene rings is 2. The highest BCUT2D eigenvalue weighted by atomic mass is 35.5. The molecule has 1 heterocycles. The average molecular weight is 412 g/mol. The predicted molar refractivity (Wildman–Crippen MR) is 111 cm³/mol. The molecule has 0 unspecified atom stereocenters. The van der Waals surface area contributed by atoms with Crippen LogP contribution in [0.15, 0.2) is 48.5 Å². The van der Waals surface area contributed by atoms with Gasteiger partial charge in [0, 0.05) is 35.7 Å². The first-order valence-electron chi connectivity index (χ1n) is 9.65. The molecule has 2 N–H and O–H groups in total. The Labute approximate surface area is 174 Å². The van der Waals surface area contributed by atoms with E-state index in [0.717, 1.165) is 18.4 Å². The second-order valence-corrected chi connectivity index (χ2v) is 8.06. The molecule has 150 valence electrons. The van der Waals surface area contributed by atoms with Crippen molar-refractivity contribution in [3.8, 4) is 0 Å². The minimum absolute atomic E-state index is 0.0200. The maximum atomic E-state index is 12.7. The van der Waals surface area contributed by atoms with Gasteiger partial charge in [0.1, 0.15) is 0 Å². The van der Waals surface area contributed by atoms with Crippen molar-refractivity contribution >= 4 is 35.0 Å². The molecule has 0 aromatic heterocycles. The van der Waals surface area contributed by atoms with E-state index in [9.17, 15) is 14.4 Å². The lowest BCUT2D eigenvalue weighted by Crippen LogP contribution is -2.39. The Morgan fingerprint density at radius 3 is 2.31 bits per heavy atom. The summed E-state index contributed by atoms with van der Waals surface area (Å²) in [5.41, 5.74) is 2.07. The number of likely N-dealkylation sites (N-methyl/N-ethyl adjacent to an activating group) is 1. The van der Waals surface area contributed by atoms with Crippen LogP contribution in [0.25, 0.3) is 0 Å². The van der Waals surface area contributed by atoms with Gasteiger partial charge in [-0.25, -0.2) is 0 Å². The van der Waals surface area contributed by atoms with Crippen molar-refractivity contribution in [2.75, 3.05) is 12.4 Å².